The molecule has 4 aromatic rings. The number of ether oxygens (including phenoxy) is 2. The zero-order valence-electron chi connectivity index (χ0n) is 17.8. The fraction of sp³-hybridized carbons (Fsp3) is 0.120. The van der Waals surface area contributed by atoms with E-state index in [9.17, 15) is 5.26 Å². The van der Waals surface area contributed by atoms with Crippen LogP contribution in [0.1, 0.15) is 18.1 Å². The number of nitrogens with two attached hydrogens (primary N) is 1. The molecule has 0 saturated carbocycles. The Morgan fingerprint density at radius 3 is 2.55 bits per heavy atom. The van der Waals surface area contributed by atoms with Gasteiger partial charge in [-0.2, -0.15) is 5.26 Å². The number of benzene rings is 3. The maximum atomic E-state index is 9.61. The van der Waals surface area contributed by atoms with Crippen molar-refractivity contribution in [2.24, 2.45) is 0 Å². The van der Waals surface area contributed by atoms with Crippen LogP contribution in [0.3, 0.4) is 0 Å². The monoisotopic (exact) mass is 480 g/mol. The third-order valence-electron chi connectivity index (χ3n) is 4.86. The number of nitrogens with zero attached hydrogens (tertiary/aromatic N) is 2. The normalized spacial score (nSPS) is 10.2. The van der Waals surface area contributed by atoms with E-state index in [2.05, 4.69) is 16.4 Å². The average Bonchev–Trinajstić information content (AvgIpc) is 2.80. The SMILES string of the molecule is CCOc1cc2ncc(C#N)c(Nc3ccc(OCc4ccccc4)c(Cl)c3)c2cc1N.Cl. The fourth-order valence-corrected chi connectivity index (χ4v) is 3.55. The van der Waals surface area contributed by atoms with Crippen LogP contribution in [-0.4, -0.2) is 11.6 Å². The van der Waals surface area contributed by atoms with Crippen molar-refractivity contribution >= 4 is 52.0 Å². The molecule has 0 amide bonds. The number of nitrogen functional groups attached to an aromatic ring is 1. The topological polar surface area (TPSA) is 93.2 Å². The zero-order valence-corrected chi connectivity index (χ0v) is 19.4. The molecule has 168 valence electrons. The van der Waals surface area contributed by atoms with Crippen LogP contribution >= 0.6 is 24.0 Å². The molecule has 0 aliphatic rings. The second-order valence-electron chi connectivity index (χ2n) is 7.04. The predicted molar refractivity (Wildman–Crippen MR) is 135 cm³/mol. The number of anilines is 3. The molecular weight excluding hydrogens is 459 g/mol. The summed E-state index contributed by atoms with van der Waals surface area (Å²) in [7, 11) is 0. The van der Waals surface area contributed by atoms with Gasteiger partial charge < -0.3 is 20.5 Å². The maximum Gasteiger partial charge on any atom is 0.144 e. The Hall–Kier alpha value is -3.66. The van der Waals surface area contributed by atoms with Crippen LogP contribution in [-0.2, 0) is 6.61 Å². The number of nitriles is 1. The van der Waals surface area contributed by atoms with Crippen molar-refractivity contribution < 1.29 is 9.47 Å². The van der Waals surface area contributed by atoms with Gasteiger partial charge in [-0.25, -0.2) is 0 Å². The van der Waals surface area contributed by atoms with Crippen LogP contribution in [0.2, 0.25) is 5.02 Å². The summed E-state index contributed by atoms with van der Waals surface area (Å²) in [5.74, 6) is 1.14. The van der Waals surface area contributed by atoms with E-state index in [1.807, 2.05) is 43.3 Å². The summed E-state index contributed by atoms with van der Waals surface area (Å²) < 4.78 is 11.4. The van der Waals surface area contributed by atoms with E-state index in [1.165, 1.54) is 6.20 Å². The number of hydrogen-bond acceptors (Lipinski definition) is 6. The lowest BCUT2D eigenvalue weighted by Gasteiger charge is -2.15. The van der Waals surface area contributed by atoms with Crippen molar-refractivity contribution in [1.29, 1.82) is 5.26 Å². The van der Waals surface area contributed by atoms with Gasteiger partial charge >= 0.3 is 0 Å². The number of pyridine rings is 1. The molecule has 33 heavy (non-hydrogen) atoms. The Bertz CT molecular complexity index is 1310. The Kier molecular flexibility index (Phi) is 7.83. The number of nitrogens with one attached hydrogen (secondary N) is 1. The van der Waals surface area contributed by atoms with Crippen LogP contribution in [0.25, 0.3) is 10.9 Å². The van der Waals surface area contributed by atoms with Gasteiger partial charge in [0.05, 0.1) is 34.1 Å². The molecule has 3 aromatic carbocycles. The lowest BCUT2D eigenvalue weighted by Crippen LogP contribution is -2.01. The van der Waals surface area contributed by atoms with E-state index in [0.717, 1.165) is 5.56 Å². The summed E-state index contributed by atoms with van der Waals surface area (Å²) in [6, 6.07) is 21.0. The molecular formula is C25H22Cl2N4O2. The summed E-state index contributed by atoms with van der Waals surface area (Å²) in [6.07, 6.45) is 1.52. The molecule has 0 aliphatic carbocycles. The van der Waals surface area contributed by atoms with E-state index in [0.29, 0.717) is 63.3 Å². The van der Waals surface area contributed by atoms with Crippen LogP contribution in [0.15, 0.2) is 66.9 Å². The Balaban J connectivity index is 0.00000306. The maximum absolute atomic E-state index is 9.61. The summed E-state index contributed by atoms with van der Waals surface area (Å²) in [6.45, 7) is 2.80. The third-order valence-corrected chi connectivity index (χ3v) is 5.15. The second kappa shape index (κ2) is 10.8. The zero-order chi connectivity index (χ0) is 22.5. The Morgan fingerprint density at radius 1 is 1.06 bits per heavy atom. The minimum absolute atomic E-state index is 0. The molecule has 0 spiro atoms. The van der Waals surface area contributed by atoms with Gasteiger partial charge in [0.1, 0.15) is 24.2 Å². The van der Waals surface area contributed by atoms with E-state index in [-0.39, 0.29) is 12.4 Å². The van der Waals surface area contributed by atoms with Crippen LogP contribution in [0, 0.1) is 11.3 Å². The van der Waals surface area contributed by atoms with Crippen molar-refractivity contribution in [3.8, 4) is 17.6 Å². The summed E-state index contributed by atoms with van der Waals surface area (Å²) in [4.78, 5) is 4.38. The first-order chi connectivity index (χ1) is 15.6. The molecule has 0 saturated heterocycles. The molecule has 1 aromatic heterocycles. The minimum Gasteiger partial charge on any atom is -0.492 e. The van der Waals surface area contributed by atoms with Gasteiger partial charge in [0.2, 0.25) is 0 Å². The van der Waals surface area contributed by atoms with Crippen molar-refractivity contribution in [3.05, 3.63) is 83.0 Å². The highest BCUT2D eigenvalue weighted by atomic mass is 35.5. The molecule has 4 rings (SSSR count). The highest BCUT2D eigenvalue weighted by Gasteiger charge is 2.13. The number of rotatable bonds is 7. The van der Waals surface area contributed by atoms with E-state index in [4.69, 9.17) is 26.8 Å². The average molecular weight is 481 g/mol. The standard InChI is InChI=1S/C25H21ClN4O2.ClH/c1-2-31-24-12-22-19(11-21(24)28)25(17(13-27)14-29-22)30-18-8-9-23(20(26)10-18)32-15-16-6-4-3-5-7-16;/h3-12,14H,2,15,28H2,1H3,(H,29,30);1H. The van der Waals surface area contributed by atoms with Gasteiger partial charge in [-0.1, -0.05) is 41.9 Å². The van der Waals surface area contributed by atoms with Gasteiger partial charge in [-0.15, -0.1) is 12.4 Å². The summed E-state index contributed by atoms with van der Waals surface area (Å²) in [5, 5.41) is 14.1. The van der Waals surface area contributed by atoms with Gasteiger partial charge in [0, 0.05) is 23.3 Å². The number of hydrogen-bond donors (Lipinski definition) is 2. The highest BCUT2D eigenvalue weighted by molar-refractivity contribution is 6.32. The van der Waals surface area contributed by atoms with Crippen LogP contribution in [0.4, 0.5) is 17.1 Å². The fourth-order valence-electron chi connectivity index (χ4n) is 3.31. The van der Waals surface area contributed by atoms with Gasteiger partial charge in [0.15, 0.2) is 0 Å². The van der Waals surface area contributed by atoms with Crippen LogP contribution in [0.5, 0.6) is 11.5 Å². The van der Waals surface area contributed by atoms with E-state index >= 15 is 0 Å². The van der Waals surface area contributed by atoms with Crippen molar-refractivity contribution in [2.45, 2.75) is 13.5 Å². The highest BCUT2D eigenvalue weighted by Crippen LogP contribution is 2.36. The predicted octanol–water partition coefficient (Wildman–Crippen LogP) is 6.49. The number of aromatic nitrogens is 1. The smallest absolute Gasteiger partial charge is 0.144 e. The molecule has 0 bridgehead atoms. The molecule has 0 fully saturated rings. The Labute approximate surface area is 203 Å². The Morgan fingerprint density at radius 2 is 1.85 bits per heavy atom. The first-order valence-corrected chi connectivity index (χ1v) is 10.4. The van der Waals surface area contributed by atoms with Crippen molar-refractivity contribution in [3.63, 3.8) is 0 Å². The largest absolute Gasteiger partial charge is 0.492 e. The minimum atomic E-state index is 0. The lowest BCUT2D eigenvalue weighted by molar-refractivity contribution is 0.306. The molecule has 0 unspecified atom stereocenters. The molecule has 1 heterocycles. The molecule has 3 N–H and O–H groups in total. The molecule has 6 nitrogen and oxygen atoms in total. The summed E-state index contributed by atoms with van der Waals surface area (Å²) in [5.41, 5.74) is 10.0. The molecule has 8 heteroatoms. The first-order valence-electron chi connectivity index (χ1n) is 10.1. The molecule has 0 radical (unpaired) electrons. The van der Waals surface area contributed by atoms with Gasteiger partial charge in [-0.3, -0.25) is 4.98 Å². The van der Waals surface area contributed by atoms with E-state index in [1.54, 1.807) is 24.3 Å². The van der Waals surface area contributed by atoms with Crippen LogP contribution < -0.4 is 20.5 Å². The number of fused-ring (bicyclic) bond motifs is 1. The van der Waals surface area contributed by atoms with Crippen molar-refractivity contribution in [2.75, 3.05) is 17.7 Å². The summed E-state index contributed by atoms with van der Waals surface area (Å²) >= 11 is 6.46. The quantitative estimate of drug-likeness (QED) is 0.293. The third kappa shape index (κ3) is 5.40. The van der Waals surface area contributed by atoms with E-state index < -0.39 is 0 Å². The second-order valence-corrected chi connectivity index (χ2v) is 7.45. The first kappa shape index (κ1) is 24.0. The molecule has 0 aliphatic heterocycles. The van der Waals surface area contributed by atoms with Gasteiger partial charge in [0.25, 0.3) is 0 Å². The number of halogens is 2. The van der Waals surface area contributed by atoms with Crippen molar-refractivity contribution in [1.82, 2.24) is 4.98 Å². The lowest BCUT2D eigenvalue weighted by atomic mass is 10.1. The molecule has 0 atom stereocenters. The van der Waals surface area contributed by atoms with Gasteiger partial charge in [-0.05, 0) is 36.8 Å².